The Bertz CT molecular complexity index is 1070. The highest BCUT2D eigenvalue weighted by Gasteiger charge is 2.14. The Morgan fingerprint density at radius 3 is 1.85 bits per heavy atom. The average molecular weight is 458 g/mol. The van der Waals surface area contributed by atoms with Crippen LogP contribution in [0.4, 0.5) is 0 Å². The maximum atomic E-state index is 11.7. The van der Waals surface area contributed by atoms with E-state index in [0.717, 1.165) is 36.3 Å². The summed E-state index contributed by atoms with van der Waals surface area (Å²) in [7, 11) is 4.14. The van der Waals surface area contributed by atoms with Gasteiger partial charge in [-0.1, -0.05) is 68.4 Å². The zero-order valence-electron chi connectivity index (χ0n) is 20.7. The summed E-state index contributed by atoms with van der Waals surface area (Å²) in [6, 6.07) is 26.6. The zero-order chi connectivity index (χ0) is 24.3. The van der Waals surface area contributed by atoms with E-state index in [9.17, 15) is 4.79 Å². The molecule has 0 aliphatic rings. The average Bonchev–Trinajstić information content (AvgIpc) is 2.86. The maximum Gasteiger partial charge on any atom is 0.310 e. The van der Waals surface area contributed by atoms with Gasteiger partial charge in [0, 0.05) is 13.0 Å². The summed E-state index contributed by atoms with van der Waals surface area (Å²) in [5, 5.41) is 0. The van der Waals surface area contributed by atoms with E-state index in [1.165, 1.54) is 16.7 Å². The molecule has 3 aromatic carbocycles. The van der Waals surface area contributed by atoms with Crippen LogP contribution in [0.15, 0.2) is 78.9 Å². The van der Waals surface area contributed by atoms with Gasteiger partial charge in [0.1, 0.15) is 11.5 Å². The number of benzene rings is 3. The highest BCUT2D eigenvalue weighted by Crippen LogP contribution is 2.35. The molecule has 0 fully saturated rings. The number of rotatable bonds is 11. The fourth-order valence-electron chi connectivity index (χ4n) is 3.86. The van der Waals surface area contributed by atoms with Gasteiger partial charge in [-0.15, -0.1) is 0 Å². The first-order valence-electron chi connectivity index (χ1n) is 12.0. The van der Waals surface area contributed by atoms with Crippen molar-refractivity contribution in [3.05, 3.63) is 95.6 Å². The van der Waals surface area contributed by atoms with Crippen LogP contribution in [0.2, 0.25) is 0 Å². The van der Waals surface area contributed by atoms with Crippen molar-refractivity contribution in [1.29, 1.82) is 0 Å². The van der Waals surface area contributed by atoms with Gasteiger partial charge < -0.3 is 14.4 Å². The van der Waals surface area contributed by atoms with Gasteiger partial charge in [0.25, 0.3) is 0 Å². The van der Waals surface area contributed by atoms with Crippen LogP contribution in [-0.2, 0) is 4.79 Å². The monoisotopic (exact) mass is 457 g/mol. The minimum Gasteiger partial charge on any atom is -0.494 e. The molecule has 0 bridgehead atoms. The number of allylic oxidation sites excluding steroid dienone is 1. The molecule has 4 nitrogen and oxygen atoms in total. The lowest BCUT2D eigenvalue weighted by atomic mass is 9.88. The molecular formula is C30H35NO3. The SMILES string of the molecule is CCC(=O)Oc1ccc(/C(=C(/CC)c2ccccc2)c2ccc(OCCCN(C)C)cc2)cc1. The molecule has 0 N–H and O–H groups in total. The minimum absolute atomic E-state index is 0.233. The number of carbonyl (C=O) groups is 1. The molecule has 4 heteroatoms. The molecule has 0 aliphatic carbocycles. The lowest BCUT2D eigenvalue weighted by molar-refractivity contribution is -0.134. The summed E-state index contributed by atoms with van der Waals surface area (Å²) in [6.07, 6.45) is 2.22. The standard InChI is InChI=1S/C30H35NO3/c1-5-28(23-11-8-7-9-12-23)30(25-15-19-27(20-16-25)34-29(32)6-2)24-13-17-26(18-14-24)33-22-10-21-31(3)4/h7-9,11-20H,5-6,10,21-22H2,1-4H3/b30-28-. The predicted molar refractivity (Wildman–Crippen MR) is 140 cm³/mol. The number of hydrogen-bond donors (Lipinski definition) is 0. The molecule has 34 heavy (non-hydrogen) atoms. The lowest BCUT2D eigenvalue weighted by Gasteiger charge is -2.17. The second kappa shape index (κ2) is 12.8. The van der Waals surface area contributed by atoms with Crippen molar-refractivity contribution in [2.24, 2.45) is 0 Å². The van der Waals surface area contributed by atoms with Crippen LogP contribution >= 0.6 is 0 Å². The minimum atomic E-state index is -0.233. The first-order chi connectivity index (χ1) is 16.5. The Kier molecular flexibility index (Phi) is 9.48. The van der Waals surface area contributed by atoms with Gasteiger partial charge in [-0.3, -0.25) is 4.79 Å². The first-order valence-corrected chi connectivity index (χ1v) is 12.0. The van der Waals surface area contributed by atoms with E-state index < -0.39 is 0 Å². The fourth-order valence-corrected chi connectivity index (χ4v) is 3.86. The molecular weight excluding hydrogens is 422 g/mol. The maximum absolute atomic E-state index is 11.7. The molecule has 0 saturated heterocycles. The lowest BCUT2D eigenvalue weighted by Crippen LogP contribution is -2.15. The van der Waals surface area contributed by atoms with Crippen LogP contribution in [-0.4, -0.2) is 38.1 Å². The van der Waals surface area contributed by atoms with Gasteiger partial charge in [0.15, 0.2) is 0 Å². The Morgan fingerprint density at radius 2 is 1.32 bits per heavy atom. The number of hydrogen-bond acceptors (Lipinski definition) is 4. The number of nitrogens with zero attached hydrogens (tertiary/aromatic N) is 1. The molecule has 3 rings (SSSR count). The molecule has 0 atom stereocenters. The Balaban J connectivity index is 1.95. The van der Waals surface area contributed by atoms with Gasteiger partial charge >= 0.3 is 5.97 Å². The van der Waals surface area contributed by atoms with Crippen LogP contribution in [0, 0.1) is 0 Å². The Hall–Kier alpha value is -3.37. The largest absolute Gasteiger partial charge is 0.494 e. The van der Waals surface area contributed by atoms with Gasteiger partial charge in [-0.2, -0.15) is 0 Å². The van der Waals surface area contributed by atoms with Crippen molar-refractivity contribution in [3.8, 4) is 11.5 Å². The van der Waals surface area contributed by atoms with E-state index in [1.54, 1.807) is 6.92 Å². The van der Waals surface area contributed by atoms with Crippen molar-refractivity contribution < 1.29 is 14.3 Å². The van der Waals surface area contributed by atoms with Crippen molar-refractivity contribution in [1.82, 2.24) is 4.90 Å². The summed E-state index contributed by atoms with van der Waals surface area (Å²) in [4.78, 5) is 13.8. The Morgan fingerprint density at radius 1 is 0.735 bits per heavy atom. The summed E-state index contributed by atoms with van der Waals surface area (Å²) in [5.74, 6) is 1.21. The van der Waals surface area contributed by atoms with Crippen LogP contribution < -0.4 is 9.47 Å². The highest BCUT2D eigenvalue weighted by atomic mass is 16.5. The van der Waals surface area contributed by atoms with Gasteiger partial charge in [-0.25, -0.2) is 0 Å². The molecule has 0 heterocycles. The molecule has 0 unspecified atom stereocenters. The summed E-state index contributed by atoms with van der Waals surface area (Å²) in [5.41, 5.74) is 5.83. The number of ether oxygens (including phenoxy) is 2. The van der Waals surface area contributed by atoms with Gasteiger partial charge in [0.05, 0.1) is 6.61 Å². The number of esters is 1. The number of carbonyl (C=O) groups excluding carboxylic acids is 1. The normalized spacial score (nSPS) is 11.8. The van der Waals surface area contributed by atoms with Gasteiger partial charge in [-0.05, 0) is 79.0 Å². The smallest absolute Gasteiger partial charge is 0.310 e. The van der Waals surface area contributed by atoms with E-state index in [0.29, 0.717) is 18.8 Å². The molecule has 0 aromatic heterocycles. The molecule has 178 valence electrons. The van der Waals surface area contributed by atoms with Crippen LogP contribution in [0.1, 0.15) is 49.8 Å². The van der Waals surface area contributed by atoms with Crippen molar-refractivity contribution in [2.45, 2.75) is 33.1 Å². The van der Waals surface area contributed by atoms with Gasteiger partial charge in [0.2, 0.25) is 0 Å². The van der Waals surface area contributed by atoms with Crippen molar-refractivity contribution in [3.63, 3.8) is 0 Å². The van der Waals surface area contributed by atoms with Crippen molar-refractivity contribution >= 4 is 17.1 Å². The molecule has 0 radical (unpaired) electrons. The van der Waals surface area contributed by atoms with Crippen LogP contribution in [0.3, 0.4) is 0 Å². The second-order valence-corrected chi connectivity index (χ2v) is 8.45. The molecule has 3 aromatic rings. The van der Waals surface area contributed by atoms with E-state index in [4.69, 9.17) is 9.47 Å². The molecule has 0 amide bonds. The first kappa shape index (κ1) is 25.3. The second-order valence-electron chi connectivity index (χ2n) is 8.45. The molecule has 0 saturated carbocycles. The van der Waals surface area contributed by atoms with E-state index in [-0.39, 0.29) is 5.97 Å². The van der Waals surface area contributed by atoms with E-state index in [2.05, 4.69) is 62.3 Å². The van der Waals surface area contributed by atoms with E-state index >= 15 is 0 Å². The third kappa shape index (κ3) is 7.06. The summed E-state index contributed by atoms with van der Waals surface area (Å²) in [6.45, 7) is 5.68. The quantitative estimate of drug-likeness (QED) is 0.139. The third-order valence-electron chi connectivity index (χ3n) is 5.60. The topological polar surface area (TPSA) is 38.8 Å². The van der Waals surface area contributed by atoms with Crippen molar-refractivity contribution in [2.75, 3.05) is 27.2 Å². The fraction of sp³-hybridized carbons (Fsp3) is 0.300. The molecule has 0 spiro atoms. The van der Waals surface area contributed by atoms with Crippen LogP contribution in [0.25, 0.3) is 11.1 Å². The Labute approximate surface area is 203 Å². The predicted octanol–water partition coefficient (Wildman–Crippen LogP) is 6.70. The third-order valence-corrected chi connectivity index (χ3v) is 5.60. The summed E-state index contributed by atoms with van der Waals surface area (Å²) < 4.78 is 11.3. The zero-order valence-corrected chi connectivity index (χ0v) is 20.7. The molecule has 0 aliphatic heterocycles. The summed E-state index contributed by atoms with van der Waals surface area (Å²) >= 11 is 0. The highest BCUT2D eigenvalue weighted by molar-refractivity contribution is 5.98. The van der Waals surface area contributed by atoms with Crippen LogP contribution in [0.5, 0.6) is 11.5 Å². The van der Waals surface area contributed by atoms with E-state index in [1.807, 2.05) is 42.5 Å².